The maximum Gasteiger partial charge on any atom is 0.173 e. The Morgan fingerprint density at radius 2 is 1.79 bits per heavy atom. The molecule has 0 bridgehead atoms. The molecule has 0 saturated carbocycles. The van der Waals surface area contributed by atoms with Crippen LogP contribution in [0.1, 0.15) is 0 Å². The highest BCUT2D eigenvalue weighted by atomic mass is 15.2. The van der Waals surface area contributed by atoms with E-state index in [1.165, 1.54) is 0 Å². The van der Waals surface area contributed by atoms with Gasteiger partial charge in [0.2, 0.25) is 0 Å². The van der Waals surface area contributed by atoms with E-state index >= 15 is 0 Å². The number of nitrogens with one attached hydrogen (secondary N) is 1. The summed E-state index contributed by atoms with van der Waals surface area (Å²) in [6, 6.07) is 19.4. The van der Waals surface area contributed by atoms with E-state index in [2.05, 4.69) is 25.4 Å². The van der Waals surface area contributed by atoms with Gasteiger partial charge in [0.25, 0.3) is 0 Å². The van der Waals surface area contributed by atoms with Gasteiger partial charge in [-0.3, -0.25) is 10.1 Å². The average Bonchev–Trinajstić information content (AvgIpc) is 3.01. The molecule has 4 rings (SSSR count). The van der Waals surface area contributed by atoms with Crippen molar-refractivity contribution in [2.45, 2.75) is 0 Å². The number of aromatic nitrogens is 3. The van der Waals surface area contributed by atoms with Gasteiger partial charge in [0.05, 0.1) is 16.9 Å². The van der Waals surface area contributed by atoms with Gasteiger partial charge in [-0.25, -0.2) is 0 Å². The number of nitrogens with two attached hydrogens (primary N) is 1. The zero-order valence-corrected chi connectivity index (χ0v) is 12.7. The summed E-state index contributed by atoms with van der Waals surface area (Å²) in [7, 11) is 0. The number of anilines is 1. The molecule has 6 nitrogen and oxygen atoms in total. The van der Waals surface area contributed by atoms with Crippen molar-refractivity contribution in [3.63, 3.8) is 0 Å². The van der Waals surface area contributed by atoms with Crippen LogP contribution in [0, 0.1) is 0 Å². The molecule has 4 aromatic rings. The van der Waals surface area contributed by atoms with Crippen molar-refractivity contribution >= 4 is 28.1 Å². The summed E-state index contributed by atoms with van der Waals surface area (Å²) < 4.78 is 0. The van der Waals surface area contributed by atoms with Gasteiger partial charge in [0, 0.05) is 17.1 Å². The van der Waals surface area contributed by atoms with E-state index in [4.69, 9.17) is 5.73 Å². The van der Waals surface area contributed by atoms with Crippen LogP contribution in [0.5, 0.6) is 0 Å². The first kappa shape index (κ1) is 14.1. The van der Waals surface area contributed by atoms with Crippen LogP contribution in [-0.2, 0) is 0 Å². The number of azo groups is 1. The van der Waals surface area contributed by atoms with Gasteiger partial charge >= 0.3 is 0 Å². The summed E-state index contributed by atoms with van der Waals surface area (Å²) in [6.07, 6.45) is 1.77. The van der Waals surface area contributed by atoms with Crippen LogP contribution in [0.25, 0.3) is 22.2 Å². The third-order valence-corrected chi connectivity index (χ3v) is 3.68. The lowest BCUT2D eigenvalue weighted by atomic mass is 10.1. The maximum atomic E-state index is 5.95. The van der Waals surface area contributed by atoms with Gasteiger partial charge in [-0.1, -0.05) is 30.3 Å². The van der Waals surface area contributed by atoms with Gasteiger partial charge < -0.3 is 5.73 Å². The molecule has 2 aromatic carbocycles. The molecule has 116 valence electrons. The van der Waals surface area contributed by atoms with Gasteiger partial charge in [-0.15, -0.1) is 5.11 Å². The molecule has 3 N–H and O–H groups in total. The van der Waals surface area contributed by atoms with Crippen LogP contribution in [0.4, 0.5) is 17.2 Å². The van der Waals surface area contributed by atoms with Crippen molar-refractivity contribution in [2.75, 3.05) is 5.73 Å². The zero-order chi connectivity index (χ0) is 16.4. The van der Waals surface area contributed by atoms with Crippen molar-refractivity contribution in [1.29, 1.82) is 0 Å². The molecule has 0 atom stereocenters. The smallest absolute Gasteiger partial charge is 0.173 e. The topological polar surface area (TPSA) is 92.3 Å². The van der Waals surface area contributed by atoms with Crippen molar-refractivity contribution in [2.24, 2.45) is 10.2 Å². The molecule has 0 amide bonds. The van der Waals surface area contributed by atoms with Crippen molar-refractivity contribution in [3.8, 4) is 11.3 Å². The minimum absolute atomic E-state index is 0.316. The summed E-state index contributed by atoms with van der Waals surface area (Å²) in [5, 5.41) is 16.6. The largest absolute Gasteiger partial charge is 0.380 e. The first-order valence-corrected chi connectivity index (χ1v) is 7.47. The van der Waals surface area contributed by atoms with E-state index in [9.17, 15) is 0 Å². The van der Waals surface area contributed by atoms with Crippen LogP contribution in [0.3, 0.4) is 0 Å². The normalized spacial score (nSPS) is 11.3. The summed E-state index contributed by atoms with van der Waals surface area (Å²) in [5.41, 5.74) is 9.83. The van der Waals surface area contributed by atoms with E-state index in [1.807, 2.05) is 60.7 Å². The quantitative estimate of drug-likeness (QED) is 0.540. The molecule has 2 aromatic heterocycles. The fourth-order valence-electron chi connectivity index (χ4n) is 2.49. The van der Waals surface area contributed by atoms with Gasteiger partial charge in [-0.05, 0) is 30.3 Å². The van der Waals surface area contributed by atoms with Gasteiger partial charge in [-0.2, -0.15) is 10.2 Å². The first-order valence-electron chi connectivity index (χ1n) is 7.47. The monoisotopic (exact) mass is 314 g/mol. The second-order valence-corrected chi connectivity index (χ2v) is 5.28. The fraction of sp³-hybridized carbons (Fsp3) is 0. The first-order chi connectivity index (χ1) is 11.8. The van der Waals surface area contributed by atoms with Crippen LogP contribution in [-0.4, -0.2) is 15.2 Å². The molecule has 0 aliphatic heterocycles. The number of hydrogen-bond donors (Lipinski definition) is 2. The Kier molecular flexibility index (Phi) is 3.47. The fourth-order valence-corrected chi connectivity index (χ4v) is 2.49. The minimum atomic E-state index is 0.316. The third-order valence-electron chi connectivity index (χ3n) is 3.68. The highest BCUT2D eigenvalue weighted by Crippen LogP contribution is 2.35. The molecule has 24 heavy (non-hydrogen) atoms. The van der Waals surface area contributed by atoms with Gasteiger partial charge in [0.15, 0.2) is 11.5 Å². The molecule has 0 saturated heterocycles. The summed E-state index contributed by atoms with van der Waals surface area (Å²) in [6.45, 7) is 0. The summed E-state index contributed by atoms with van der Waals surface area (Å²) in [5.74, 6) is 0.316. The molecule has 6 heteroatoms. The zero-order valence-electron chi connectivity index (χ0n) is 12.7. The van der Waals surface area contributed by atoms with Crippen LogP contribution in [0.2, 0.25) is 0 Å². The second-order valence-electron chi connectivity index (χ2n) is 5.28. The predicted octanol–water partition coefficient (Wildman–Crippen LogP) is 4.62. The number of benzene rings is 2. The molecule has 0 radical (unpaired) electrons. The number of hydrogen-bond acceptors (Lipinski definition) is 5. The molecule has 2 heterocycles. The van der Waals surface area contributed by atoms with Crippen LogP contribution >= 0.6 is 0 Å². The number of pyridine rings is 1. The van der Waals surface area contributed by atoms with E-state index < -0.39 is 0 Å². The van der Waals surface area contributed by atoms with Crippen LogP contribution in [0.15, 0.2) is 77.1 Å². The summed E-state index contributed by atoms with van der Waals surface area (Å²) >= 11 is 0. The van der Waals surface area contributed by atoms with Crippen molar-refractivity contribution < 1.29 is 0 Å². The number of rotatable bonds is 3. The number of H-pyrrole nitrogens is 1. The molecule has 0 aliphatic rings. The Morgan fingerprint density at radius 1 is 0.917 bits per heavy atom. The highest BCUT2D eigenvalue weighted by Gasteiger charge is 2.13. The number of aromatic amines is 1. The number of nitrogen functional groups attached to an aromatic ring is 1. The number of nitrogens with zero attached hydrogens (tertiary/aromatic N) is 4. The molecule has 0 fully saturated rings. The third kappa shape index (κ3) is 2.61. The molecule has 0 spiro atoms. The Hall–Kier alpha value is -3.54. The molecular weight excluding hydrogens is 300 g/mol. The Balaban J connectivity index is 1.77. The lowest BCUT2D eigenvalue weighted by Gasteiger charge is -2.02. The summed E-state index contributed by atoms with van der Waals surface area (Å²) in [4.78, 5) is 4.33. The van der Waals surface area contributed by atoms with Crippen molar-refractivity contribution in [1.82, 2.24) is 15.2 Å². The second kappa shape index (κ2) is 5.92. The highest BCUT2D eigenvalue weighted by molar-refractivity contribution is 5.87. The average molecular weight is 314 g/mol. The lowest BCUT2D eigenvalue weighted by molar-refractivity contribution is 1.10. The lowest BCUT2D eigenvalue weighted by Crippen LogP contribution is -1.83. The molecule has 0 aliphatic carbocycles. The van der Waals surface area contributed by atoms with Gasteiger partial charge in [0.1, 0.15) is 0 Å². The number of fused-ring (bicyclic) bond motifs is 1. The molecule has 0 unspecified atom stereocenters. The predicted molar refractivity (Wildman–Crippen MR) is 94.4 cm³/mol. The Morgan fingerprint density at radius 3 is 2.67 bits per heavy atom. The minimum Gasteiger partial charge on any atom is -0.380 e. The van der Waals surface area contributed by atoms with E-state index in [0.717, 1.165) is 27.8 Å². The van der Waals surface area contributed by atoms with Crippen molar-refractivity contribution in [3.05, 3.63) is 66.9 Å². The molecular formula is C18H14N6. The Bertz CT molecular complexity index is 1020. The standard InChI is InChI=1S/C18H14N6/c19-18-17(23-21-14-6-2-1-3-7-14)16(22-24-18)13-8-9-15-12(11-13)5-4-10-20-15/h1-11H,(H3,19,22,24). The SMILES string of the molecule is Nc1n[nH]c(-c2ccc3ncccc3c2)c1N=Nc1ccccc1. The van der Waals surface area contributed by atoms with Crippen LogP contribution < -0.4 is 5.73 Å². The van der Waals surface area contributed by atoms with E-state index in [0.29, 0.717) is 11.5 Å². The Labute approximate surface area is 138 Å². The maximum absolute atomic E-state index is 5.95. The van der Waals surface area contributed by atoms with E-state index in [1.54, 1.807) is 6.20 Å². The van der Waals surface area contributed by atoms with E-state index in [-0.39, 0.29) is 0 Å².